The molecule has 3 aliphatic rings. The molecule has 2 heterocycles. The molecule has 6 heteroatoms. The Morgan fingerprint density at radius 3 is 2.58 bits per heavy atom. The van der Waals surface area contributed by atoms with Crippen LogP contribution < -0.4 is 20.9 Å². The van der Waals surface area contributed by atoms with Crippen molar-refractivity contribution >= 4 is 16.7 Å². The van der Waals surface area contributed by atoms with Crippen molar-refractivity contribution in [1.29, 1.82) is 0 Å². The molecule has 1 unspecified atom stereocenters. The number of pyridine rings is 1. The maximum absolute atomic E-state index is 13.3. The first-order valence-corrected chi connectivity index (χ1v) is 14.5. The summed E-state index contributed by atoms with van der Waals surface area (Å²) in [5.74, 6) is 0.925. The van der Waals surface area contributed by atoms with Gasteiger partial charge in [0.15, 0.2) is 0 Å². The fraction of sp³-hybridized carbons (Fsp3) is 0.500. The summed E-state index contributed by atoms with van der Waals surface area (Å²) in [4.78, 5) is 26.5. The minimum Gasteiger partial charge on any atom is -0.487 e. The van der Waals surface area contributed by atoms with Crippen molar-refractivity contribution in [2.75, 3.05) is 13.1 Å². The van der Waals surface area contributed by atoms with E-state index in [1.54, 1.807) is 6.20 Å². The van der Waals surface area contributed by atoms with Gasteiger partial charge in [-0.2, -0.15) is 0 Å². The molecule has 2 aromatic carbocycles. The van der Waals surface area contributed by atoms with E-state index in [1.165, 1.54) is 17.5 Å². The monoisotopic (exact) mass is 513 g/mol. The van der Waals surface area contributed by atoms with Crippen LogP contribution in [0.3, 0.4) is 0 Å². The topological polar surface area (TPSA) is 72.4 Å². The number of rotatable bonds is 8. The largest absolute Gasteiger partial charge is 0.487 e. The first-order valence-electron chi connectivity index (χ1n) is 14.5. The quantitative estimate of drug-likeness (QED) is 0.372. The van der Waals surface area contributed by atoms with Crippen LogP contribution in [-0.4, -0.2) is 29.2 Å². The summed E-state index contributed by atoms with van der Waals surface area (Å²) in [6.07, 6.45) is 12.4. The van der Waals surface area contributed by atoms with Gasteiger partial charge in [-0.1, -0.05) is 50.1 Å². The third-order valence-electron chi connectivity index (χ3n) is 8.97. The lowest BCUT2D eigenvalue weighted by molar-refractivity contribution is -0.0368. The molecule has 6 nitrogen and oxygen atoms in total. The van der Waals surface area contributed by atoms with E-state index >= 15 is 0 Å². The molecule has 3 aromatic rings. The Hall–Kier alpha value is -3.12. The number of benzene rings is 2. The molecule has 1 aliphatic heterocycles. The number of amides is 1. The first-order chi connectivity index (χ1) is 18.6. The fourth-order valence-corrected chi connectivity index (χ4v) is 6.61. The van der Waals surface area contributed by atoms with E-state index in [2.05, 4.69) is 35.8 Å². The van der Waals surface area contributed by atoms with Crippen LogP contribution in [0.4, 0.5) is 0 Å². The number of ether oxygens (including phenoxy) is 1. The lowest BCUT2D eigenvalue weighted by Gasteiger charge is -2.48. The van der Waals surface area contributed by atoms with E-state index < -0.39 is 0 Å². The van der Waals surface area contributed by atoms with Crippen molar-refractivity contribution in [1.82, 2.24) is 15.2 Å². The van der Waals surface area contributed by atoms with Crippen molar-refractivity contribution < 1.29 is 9.53 Å². The highest BCUT2D eigenvalue weighted by Crippen LogP contribution is 2.49. The SMILES string of the molecule is CCc1ccc2c(c1)C(NCCCNC(=O)c1cn(C3CCCC3)c(=O)c3ccccc13)CC1(CCC1)O2. The van der Waals surface area contributed by atoms with Crippen LogP contribution in [0.15, 0.2) is 53.5 Å². The molecule has 1 atom stereocenters. The number of nitrogens with zero attached hydrogens (tertiary/aromatic N) is 1. The summed E-state index contributed by atoms with van der Waals surface area (Å²) in [7, 11) is 0. The van der Waals surface area contributed by atoms with Gasteiger partial charge in [0.2, 0.25) is 0 Å². The molecule has 1 amide bonds. The van der Waals surface area contributed by atoms with Gasteiger partial charge >= 0.3 is 0 Å². The van der Waals surface area contributed by atoms with Crippen LogP contribution in [0, 0.1) is 0 Å². The maximum Gasteiger partial charge on any atom is 0.258 e. The van der Waals surface area contributed by atoms with E-state index in [1.807, 2.05) is 28.8 Å². The molecule has 0 radical (unpaired) electrons. The number of aryl methyl sites for hydroxylation is 1. The number of hydrogen-bond donors (Lipinski definition) is 2. The number of aromatic nitrogens is 1. The number of hydrogen-bond acceptors (Lipinski definition) is 4. The highest BCUT2D eigenvalue weighted by atomic mass is 16.5. The van der Waals surface area contributed by atoms with Gasteiger partial charge in [-0.3, -0.25) is 9.59 Å². The first kappa shape index (κ1) is 25.2. The van der Waals surface area contributed by atoms with Gasteiger partial charge in [-0.05, 0) is 69.2 Å². The number of carbonyl (C=O) groups is 1. The van der Waals surface area contributed by atoms with Crippen molar-refractivity contribution in [2.45, 2.75) is 88.8 Å². The molecule has 6 rings (SSSR count). The molecule has 2 fully saturated rings. The lowest BCUT2D eigenvalue weighted by Crippen LogP contribution is -2.49. The average molecular weight is 514 g/mol. The Morgan fingerprint density at radius 1 is 1.05 bits per heavy atom. The van der Waals surface area contributed by atoms with Crippen molar-refractivity contribution in [3.63, 3.8) is 0 Å². The molecule has 200 valence electrons. The molecule has 1 spiro atoms. The Labute approximate surface area is 224 Å². The Kier molecular flexibility index (Phi) is 7.00. The summed E-state index contributed by atoms with van der Waals surface area (Å²) < 4.78 is 8.28. The summed E-state index contributed by atoms with van der Waals surface area (Å²) in [6, 6.07) is 14.6. The van der Waals surface area contributed by atoms with E-state index in [9.17, 15) is 9.59 Å². The molecule has 1 aromatic heterocycles. The van der Waals surface area contributed by atoms with Crippen molar-refractivity contribution in [2.24, 2.45) is 0 Å². The van der Waals surface area contributed by atoms with Gasteiger partial charge in [0, 0.05) is 47.6 Å². The predicted molar refractivity (Wildman–Crippen MR) is 151 cm³/mol. The Morgan fingerprint density at radius 2 is 1.84 bits per heavy atom. The molecule has 38 heavy (non-hydrogen) atoms. The fourth-order valence-electron chi connectivity index (χ4n) is 6.61. The van der Waals surface area contributed by atoms with E-state index in [-0.39, 0.29) is 29.2 Å². The van der Waals surface area contributed by atoms with Crippen LogP contribution >= 0.6 is 0 Å². The van der Waals surface area contributed by atoms with Crippen molar-refractivity contribution in [3.05, 3.63) is 75.7 Å². The normalized spacial score (nSPS) is 20.2. The predicted octanol–water partition coefficient (Wildman–Crippen LogP) is 5.84. The molecule has 0 saturated heterocycles. The molecular formula is C32H39N3O3. The smallest absolute Gasteiger partial charge is 0.258 e. The third kappa shape index (κ3) is 4.75. The van der Waals surface area contributed by atoms with Crippen LogP contribution in [-0.2, 0) is 6.42 Å². The minimum absolute atomic E-state index is 0.00388. The maximum atomic E-state index is 13.3. The lowest BCUT2D eigenvalue weighted by atomic mass is 9.72. The standard InChI is InChI=1S/C32H39N3O3/c1-2-22-13-14-29-26(19-22)28(20-32(38-29)15-7-16-32)33-17-8-18-34-30(36)27-21-35(23-9-3-4-10-23)31(37)25-12-6-5-11-24(25)27/h5-6,11-14,19,21,23,28,33H,2-4,7-10,15-18,20H2,1H3,(H,34,36). The highest BCUT2D eigenvalue weighted by Gasteiger charge is 2.45. The van der Waals surface area contributed by atoms with Gasteiger partial charge in [0.1, 0.15) is 11.4 Å². The molecule has 2 aliphatic carbocycles. The van der Waals surface area contributed by atoms with Crippen LogP contribution in [0.1, 0.15) is 98.3 Å². The second-order valence-corrected chi connectivity index (χ2v) is 11.4. The van der Waals surface area contributed by atoms with Crippen LogP contribution in [0.5, 0.6) is 5.75 Å². The molecule has 2 N–H and O–H groups in total. The van der Waals surface area contributed by atoms with Crippen LogP contribution in [0.2, 0.25) is 0 Å². The highest BCUT2D eigenvalue weighted by molar-refractivity contribution is 6.06. The van der Waals surface area contributed by atoms with Crippen LogP contribution in [0.25, 0.3) is 10.8 Å². The number of nitrogens with one attached hydrogen (secondary N) is 2. The van der Waals surface area contributed by atoms with E-state index in [0.717, 1.165) is 75.5 Å². The molecule has 2 saturated carbocycles. The van der Waals surface area contributed by atoms with Gasteiger partial charge in [-0.15, -0.1) is 0 Å². The zero-order chi connectivity index (χ0) is 26.1. The summed E-state index contributed by atoms with van der Waals surface area (Å²) in [6.45, 7) is 3.59. The van der Waals surface area contributed by atoms with Gasteiger partial charge in [0.05, 0.1) is 5.56 Å². The van der Waals surface area contributed by atoms with Crippen molar-refractivity contribution in [3.8, 4) is 5.75 Å². The van der Waals surface area contributed by atoms with Gasteiger partial charge in [-0.25, -0.2) is 0 Å². The summed E-state index contributed by atoms with van der Waals surface area (Å²) in [5, 5.41) is 8.26. The summed E-state index contributed by atoms with van der Waals surface area (Å²) in [5.41, 5.74) is 3.21. The van der Waals surface area contributed by atoms with E-state index in [4.69, 9.17) is 4.74 Å². The van der Waals surface area contributed by atoms with E-state index in [0.29, 0.717) is 17.5 Å². The second kappa shape index (κ2) is 10.6. The zero-order valence-corrected chi connectivity index (χ0v) is 22.4. The number of carbonyl (C=O) groups excluding carboxylic acids is 1. The zero-order valence-electron chi connectivity index (χ0n) is 22.4. The second-order valence-electron chi connectivity index (χ2n) is 11.4. The third-order valence-corrected chi connectivity index (χ3v) is 8.97. The molecule has 0 bridgehead atoms. The summed E-state index contributed by atoms with van der Waals surface area (Å²) >= 11 is 0. The van der Waals surface area contributed by atoms with Gasteiger partial charge < -0.3 is 19.9 Å². The Bertz CT molecular complexity index is 1380. The minimum atomic E-state index is -0.106. The number of fused-ring (bicyclic) bond motifs is 2. The average Bonchev–Trinajstić information content (AvgIpc) is 3.46. The molecular weight excluding hydrogens is 474 g/mol. The van der Waals surface area contributed by atoms with Gasteiger partial charge in [0.25, 0.3) is 11.5 Å². The Balaban J connectivity index is 1.11.